The number of anilines is 3. The van der Waals surface area contributed by atoms with Crippen LogP contribution in [0, 0.1) is 0 Å². The van der Waals surface area contributed by atoms with Crippen molar-refractivity contribution in [2.45, 2.75) is 0 Å². The van der Waals surface area contributed by atoms with Crippen LogP contribution in [0.15, 0.2) is 192 Å². The van der Waals surface area contributed by atoms with Gasteiger partial charge in [-0.15, -0.1) is 11.3 Å². The Morgan fingerprint density at radius 3 is 2.00 bits per heavy atom. The lowest BCUT2D eigenvalue weighted by Crippen LogP contribution is -2.10. The van der Waals surface area contributed by atoms with Crippen LogP contribution in [-0.2, 0) is 0 Å². The molecule has 0 saturated heterocycles. The number of fused-ring (bicyclic) bond motifs is 8. The van der Waals surface area contributed by atoms with Crippen molar-refractivity contribution in [3.8, 4) is 22.3 Å². The standard InChI is InChI=1S/C50H31NOS/c1-3-15-38-32(11-1)13-9-19-39(38)34-23-26-36(27-24-34)51(46-20-10-14-33-12-2-4-16-40(33)46)37-30-44(50-45(31-37)43-18-6-8-22-49(43)53-50)35-25-28-42-41-17-5-7-21-47(41)52-48(42)29-35/h1-31H/i1D,2D,3D,4D,9D,10D,11D,12D,13D,14D,15D,16D,19D,20D. The Hall–Kier alpha value is -6.68. The Kier molecular flexibility index (Phi) is 4.34. The molecule has 0 unspecified atom stereocenters. The molecule has 3 heteroatoms. The number of thiophene rings is 1. The van der Waals surface area contributed by atoms with Crippen LogP contribution in [0.1, 0.15) is 19.2 Å². The van der Waals surface area contributed by atoms with E-state index < -0.39 is 84.6 Å². The molecule has 0 amide bonds. The zero-order chi connectivity index (χ0) is 47.1. The van der Waals surface area contributed by atoms with Crippen LogP contribution in [0.25, 0.3) is 85.9 Å². The van der Waals surface area contributed by atoms with E-state index in [9.17, 15) is 2.74 Å². The van der Waals surface area contributed by atoms with Crippen LogP contribution < -0.4 is 4.90 Å². The lowest BCUT2D eigenvalue weighted by Gasteiger charge is -2.28. The smallest absolute Gasteiger partial charge is 0.136 e. The molecule has 0 radical (unpaired) electrons. The van der Waals surface area contributed by atoms with Crippen LogP contribution in [0.2, 0.25) is 0 Å². The van der Waals surface area contributed by atoms with Crippen LogP contribution in [0.3, 0.4) is 0 Å². The zero-order valence-electron chi connectivity index (χ0n) is 41.6. The van der Waals surface area contributed by atoms with E-state index in [0.29, 0.717) is 17.0 Å². The molecule has 0 atom stereocenters. The molecule has 0 aliphatic heterocycles. The molecule has 0 bridgehead atoms. The predicted molar refractivity (Wildman–Crippen MR) is 227 cm³/mol. The summed E-state index contributed by atoms with van der Waals surface area (Å²) in [6.45, 7) is 0. The summed E-state index contributed by atoms with van der Waals surface area (Å²) >= 11 is 1.59. The van der Waals surface area contributed by atoms with Gasteiger partial charge >= 0.3 is 0 Å². The minimum absolute atomic E-state index is 0.00303. The first-order valence-corrected chi connectivity index (χ1v) is 17.7. The second-order valence-corrected chi connectivity index (χ2v) is 13.7. The van der Waals surface area contributed by atoms with Gasteiger partial charge in [-0.2, -0.15) is 0 Å². The second-order valence-electron chi connectivity index (χ2n) is 12.6. The van der Waals surface area contributed by atoms with Gasteiger partial charge in [0.05, 0.1) is 24.9 Å². The largest absolute Gasteiger partial charge is 0.456 e. The summed E-state index contributed by atoms with van der Waals surface area (Å²) < 4.78 is 132. The molecule has 0 aliphatic rings. The van der Waals surface area contributed by atoms with Gasteiger partial charge in [-0.1, -0.05) is 133 Å². The number of nitrogens with zero attached hydrogens (tertiary/aromatic N) is 1. The summed E-state index contributed by atoms with van der Waals surface area (Å²) in [5, 5.41) is 2.97. The van der Waals surface area contributed by atoms with Gasteiger partial charge in [0.15, 0.2) is 0 Å². The Labute approximate surface area is 330 Å². The maximum Gasteiger partial charge on any atom is 0.136 e. The summed E-state index contributed by atoms with van der Waals surface area (Å²) in [7, 11) is 0. The van der Waals surface area contributed by atoms with E-state index in [1.165, 1.54) is 0 Å². The van der Waals surface area contributed by atoms with Crippen molar-refractivity contribution < 1.29 is 23.6 Å². The summed E-state index contributed by atoms with van der Waals surface area (Å²) in [4.78, 5) is 1.62. The summed E-state index contributed by atoms with van der Waals surface area (Å²) in [5.74, 6) is 0. The highest BCUT2D eigenvalue weighted by atomic mass is 32.1. The first-order chi connectivity index (χ1) is 32.1. The van der Waals surface area contributed by atoms with Gasteiger partial charge in [0, 0.05) is 53.3 Å². The molecular formula is C50H31NOS. The average Bonchev–Trinajstić information content (AvgIpc) is 3.91. The maximum atomic E-state index is 9.54. The van der Waals surface area contributed by atoms with E-state index in [1.54, 1.807) is 40.5 Å². The van der Waals surface area contributed by atoms with Gasteiger partial charge in [-0.25, -0.2) is 0 Å². The van der Waals surface area contributed by atoms with E-state index in [2.05, 4.69) is 0 Å². The molecule has 2 aromatic heterocycles. The third-order valence-corrected chi connectivity index (χ3v) is 10.9. The molecule has 0 aliphatic carbocycles. The van der Waals surface area contributed by atoms with Gasteiger partial charge in [0.25, 0.3) is 0 Å². The fourth-order valence-corrected chi connectivity index (χ4v) is 8.45. The number of para-hydroxylation sites is 1. The Morgan fingerprint density at radius 1 is 0.453 bits per heavy atom. The summed E-state index contributed by atoms with van der Waals surface area (Å²) in [6, 6.07) is 24.5. The van der Waals surface area contributed by atoms with Gasteiger partial charge in [-0.05, 0) is 87.4 Å². The lowest BCUT2D eigenvalue weighted by atomic mass is 9.97. The van der Waals surface area contributed by atoms with Gasteiger partial charge in [0.1, 0.15) is 11.2 Å². The first-order valence-electron chi connectivity index (χ1n) is 23.9. The van der Waals surface area contributed by atoms with Crippen LogP contribution in [0.5, 0.6) is 0 Å². The molecule has 9 aromatic carbocycles. The number of hydrogen-bond donors (Lipinski definition) is 0. The van der Waals surface area contributed by atoms with E-state index in [4.69, 9.17) is 20.9 Å². The second kappa shape index (κ2) is 11.9. The van der Waals surface area contributed by atoms with E-state index in [0.717, 1.165) is 47.7 Å². The molecule has 11 aromatic rings. The molecule has 2 heterocycles. The van der Waals surface area contributed by atoms with Crippen molar-refractivity contribution in [2.75, 3.05) is 4.90 Å². The topological polar surface area (TPSA) is 16.4 Å². The van der Waals surface area contributed by atoms with Crippen molar-refractivity contribution in [1.29, 1.82) is 0 Å². The monoisotopic (exact) mass is 707 g/mol. The van der Waals surface area contributed by atoms with E-state index in [1.807, 2.05) is 78.9 Å². The Bertz CT molecular complexity index is 3980. The molecule has 11 rings (SSSR count). The van der Waals surface area contributed by atoms with Crippen molar-refractivity contribution in [3.63, 3.8) is 0 Å². The van der Waals surface area contributed by atoms with Crippen molar-refractivity contribution >= 4 is 92.1 Å². The SMILES string of the molecule is [2H]c1c([2H])c([2H])c2c(-c3ccc(N(c4cc(-c5ccc6c(c5)oc5ccccc56)c5sc6ccccc6c5c4)c4c([2H])c([2H])c([2H])c5c([2H])c([2H])c([2H])c([2H])c45)cc3)c([2H])c([2H])c([2H])c2c1[2H]. The van der Waals surface area contributed by atoms with Crippen LogP contribution >= 0.6 is 11.3 Å². The molecule has 0 N–H and O–H groups in total. The van der Waals surface area contributed by atoms with Crippen LogP contribution in [0.4, 0.5) is 17.1 Å². The first kappa shape index (κ1) is 19.2. The Balaban J connectivity index is 1.24. The summed E-state index contributed by atoms with van der Waals surface area (Å²) in [6.07, 6.45) is 0. The summed E-state index contributed by atoms with van der Waals surface area (Å²) in [5.41, 5.74) is 3.89. The molecule has 0 spiro atoms. The third kappa shape index (κ3) is 4.86. The molecule has 248 valence electrons. The molecule has 53 heavy (non-hydrogen) atoms. The van der Waals surface area contributed by atoms with Crippen LogP contribution in [-0.4, -0.2) is 0 Å². The van der Waals surface area contributed by atoms with Gasteiger partial charge < -0.3 is 9.32 Å². The van der Waals surface area contributed by atoms with E-state index >= 15 is 0 Å². The number of hydrogen-bond acceptors (Lipinski definition) is 3. The molecule has 0 fully saturated rings. The highest BCUT2D eigenvalue weighted by Crippen LogP contribution is 2.47. The lowest BCUT2D eigenvalue weighted by molar-refractivity contribution is 0.669. The zero-order valence-corrected chi connectivity index (χ0v) is 28.4. The highest BCUT2D eigenvalue weighted by molar-refractivity contribution is 7.26. The minimum Gasteiger partial charge on any atom is -0.456 e. The van der Waals surface area contributed by atoms with E-state index in [-0.39, 0.29) is 38.4 Å². The predicted octanol–water partition coefficient (Wildman–Crippen LogP) is 15.1. The fourth-order valence-electron chi connectivity index (χ4n) is 7.23. The third-order valence-electron chi connectivity index (χ3n) is 9.65. The maximum absolute atomic E-state index is 9.54. The molecule has 2 nitrogen and oxygen atoms in total. The fraction of sp³-hybridized carbons (Fsp3) is 0. The van der Waals surface area contributed by atoms with Gasteiger partial charge in [-0.3, -0.25) is 0 Å². The number of rotatable bonds is 5. The highest BCUT2D eigenvalue weighted by Gasteiger charge is 2.21. The number of furan rings is 1. The Morgan fingerprint density at radius 2 is 1.13 bits per heavy atom. The van der Waals surface area contributed by atoms with Crippen molar-refractivity contribution in [1.82, 2.24) is 0 Å². The number of benzene rings is 9. The van der Waals surface area contributed by atoms with Gasteiger partial charge in [0.2, 0.25) is 0 Å². The average molecular weight is 708 g/mol. The minimum atomic E-state index is -0.594. The quantitative estimate of drug-likeness (QED) is 0.177. The van der Waals surface area contributed by atoms with Crippen molar-refractivity contribution in [3.05, 3.63) is 188 Å². The molecule has 0 saturated carbocycles. The normalized spacial score (nSPS) is 15.5. The molecular weight excluding hydrogens is 663 g/mol. The van der Waals surface area contributed by atoms with Crippen molar-refractivity contribution in [2.24, 2.45) is 0 Å².